The quantitative estimate of drug-likeness (QED) is 0.668. The number of amides is 2. The first-order valence-electron chi connectivity index (χ1n) is 5.20. The summed E-state index contributed by atoms with van der Waals surface area (Å²) in [6.45, 7) is 2.72. The molecule has 15 heavy (non-hydrogen) atoms. The summed E-state index contributed by atoms with van der Waals surface area (Å²) < 4.78 is 0. The van der Waals surface area contributed by atoms with E-state index < -0.39 is 0 Å². The second-order valence-corrected chi connectivity index (χ2v) is 3.61. The number of nitrogens with one attached hydrogen (secondary N) is 1. The van der Waals surface area contributed by atoms with Gasteiger partial charge in [0.05, 0.1) is 12.6 Å². The Balaban J connectivity index is 2.36. The van der Waals surface area contributed by atoms with Gasteiger partial charge in [-0.05, 0) is 12.8 Å². The van der Waals surface area contributed by atoms with Crippen LogP contribution in [0.3, 0.4) is 0 Å². The van der Waals surface area contributed by atoms with E-state index >= 15 is 0 Å². The van der Waals surface area contributed by atoms with Crippen molar-refractivity contribution in [2.75, 3.05) is 13.1 Å². The van der Waals surface area contributed by atoms with Gasteiger partial charge < -0.3 is 10.2 Å². The molecule has 1 atom stereocenters. The summed E-state index contributed by atoms with van der Waals surface area (Å²) in [5, 5.41) is 2.69. The van der Waals surface area contributed by atoms with Gasteiger partial charge in [0.15, 0.2) is 0 Å². The zero-order valence-corrected chi connectivity index (χ0v) is 8.95. The number of hydrogen-bond acceptors (Lipinski definition) is 2. The fraction of sp³-hybridized carbons (Fsp3) is 0.636. The lowest BCUT2D eigenvalue weighted by Gasteiger charge is -2.16. The van der Waals surface area contributed by atoms with Crippen molar-refractivity contribution < 1.29 is 9.59 Å². The van der Waals surface area contributed by atoms with E-state index in [4.69, 9.17) is 6.42 Å². The number of hydrogen-bond donors (Lipinski definition) is 1. The average molecular weight is 208 g/mol. The first-order valence-corrected chi connectivity index (χ1v) is 5.20. The number of nitrogens with zero attached hydrogens (tertiary/aromatic N) is 1. The maximum atomic E-state index is 11.5. The fourth-order valence-corrected chi connectivity index (χ4v) is 1.55. The first kappa shape index (κ1) is 11.6. The van der Waals surface area contributed by atoms with Crippen molar-refractivity contribution in [1.29, 1.82) is 0 Å². The summed E-state index contributed by atoms with van der Waals surface area (Å²) in [6, 6.07) is -0.227. The van der Waals surface area contributed by atoms with Crippen molar-refractivity contribution in [3.05, 3.63) is 0 Å². The van der Waals surface area contributed by atoms with E-state index in [2.05, 4.69) is 11.2 Å². The third-order valence-corrected chi connectivity index (χ3v) is 2.45. The molecule has 0 radical (unpaired) electrons. The number of carbonyl (C=O) groups excluding carboxylic acids is 2. The lowest BCUT2D eigenvalue weighted by Crippen LogP contribution is -2.41. The molecule has 1 heterocycles. The minimum Gasteiger partial charge on any atom is -0.341 e. The molecule has 0 bridgehead atoms. The number of terminal acetylenes is 1. The highest BCUT2D eigenvalue weighted by Gasteiger charge is 2.22. The van der Waals surface area contributed by atoms with E-state index in [1.807, 2.05) is 6.92 Å². The summed E-state index contributed by atoms with van der Waals surface area (Å²) >= 11 is 0. The van der Waals surface area contributed by atoms with Gasteiger partial charge in [0.2, 0.25) is 11.8 Å². The van der Waals surface area contributed by atoms with Crippen molar-refractivity contribution in [3.8, 4) is 12.3 Å². The van der Waals surface area contributed by atoms with Crippen LogP contribution in [0.2, 0.25) is 0 Å². The normalized spacial score (nSPS) is 17.3. The topological polar surface area (TPSA) is 49.4 Å². The maximum Gasteiger partial charge on any atom is 0.240 e. The molecule has 1 rings (SSSR count). The Bertz CT molecular complexity index is 293. The van der Waals surface area contributed by atoms with Gasteiger partial charge in [-0.1, -0.05) is 12.8 Å². The van der Waals surface area contributed by atoms with Crippen LogP contribution in [0.5, 0.6) is 0 Å². The minimum atomic E-state index is -0.227. The molecule has 1 aliphatic heterocycles. The molecule has 4 nitrogen and oxygen atoms in total. The van der Waals surface area contributed by atoms with E-state index in [-0.39, 0.29) is 24.4 Å². The van der Waals surface area contributed by atoms with Gasteiger partial charge in [-0.3, -0.25) is 9.59 Å². The average Bonchev–Trinajstić information content (AvgIpc) is 2.61. The minimum absolute atomic E-state index is 0.0545. The number of likely N-dealkylation sites (tertiary alicyclic amines) is 1. The molecule has 1 aliphatic rings. The van der Waals surface area contributed by atoms with Crippen LogP contribution >= 0.6 is 0 Å². The molecule has 1 saturated heterocycles. The van der Waals surface area contributed by atoms with Gasteiger partial charge in [-0.15, -0.1) is 6.42 Å². The van der Waals surface area contributed by atoms with E-state index in [1.54, 1.807) is 4.90 Å². The lowest BCUT2D eigenvalue weighted by molar-refractivity contribution is -0.133. The third kappa shape index (κ3) is 3.28. The second-order valence-electron chi connectivity index (χ2n) is 3.61. The predicted octanol–water partition coefficient (Wildman–Crippen LogP) is 0.137. The molecule has 0 aromatic rings. The van der Waals surface area contributed by atoms with Crippen molar-refractivity contribution >= 4 is 11.8 Å². The van der Waals surface area contributed by atoms with Crippen molar-refractivity contribution in [1.82, 2.24) is 10.2 Å². The molecule has 0 saturated carbocycles. The Morgan fingerprint density at radius 3 is 2.93 bits per heavy atom. The van der Waals surface area contributed by atoms with E-state index in [1.165, 1.54) is 0 Å². The van der Waals surface area contributed by atoms with Crippen LogP contribution in [-0.4, -0.2) is 35.8 Å². The Morgan fingerprint density at radius 2 is 2.47 bits per heavy atom. The van der Waals surface area contributed by atoms with Gasteiger partial charge in [-0.25, -0.2) is 0 Å². The Kier molecular flexibility index (Phi) is 4.17. The lowest BCUT2D eigenvalue weighted by atomic mass is 10.2. The molecule has 1 fully saturated rings. The highest BCUT2D eigenvalue weighted by atomic mass is 16.2. The molecule has 0 aromatic heterocycles. The summed E-state index contributed by atoms with van der Waals surface area (Å²) in [4.78, 5) is 24.3. The van der Waals surface area contributed by atoms with Gasteiger partial charge in [0.25, 0.3) is 0 Å². The molecule has 2 amide bonds. The zero-order valence-electron chi connectivity index (χ0n) is 8.95. The number of carbonyl (C=O) groups is 2. The van der Waals surface area contributed by atoms with Gasteiger partial charge in [0, 0.05) is 13.0 Å². The van der Waals surface area contributed by atoms with Crippen molar-refractivity contribution in [2.24, 2.45) is 0 Å². The summed E-state index contributed by atoms with van der Waals surface area (Å²) in [5.74, 6) is 2.37. The van der Waals surface area contributed by atoms with Crippen LogP contribution in [0.1, 0.15) is 26.2 Å². The Labute approximate surface area is 90.0 Å². The monoisotopic (exact) mass is 208 g/mol. The summed E-state index contributed by atoms with van der Waals surface area (Å²) in [6.07, 6.45) is 7.33. The zero-order chi connectivity index (χ0) is 11.3. The molecule has 0 aliphatic carbocycles. The largest absolute Gasteiger partial charge is 0.341 e. The van der Waals surface area contributed by atoms with Crippen LogP contribution in [-0.2, 0) is 9.59 Å². The van der Waals surface area contributed by atoms with E-state index in [0.29, 0.717) is 19.4 Å². The summed E-state index contributed by atoms with van der Waals surface area (Å²) in [5.41, 5.74) is 0. The predicted molar refractivity (Wildman–Crippen MR) is 56.9 cm³/mol. The molecule has 1 unspecified atom stereocenters. The highest BCUT2D eigenvalue weighted by molar-refractivity contribution is 5.86. The van der Waals surface area contributed by atoms with E-state index in [0.717, 1.165) is 6.42 Å². The van der Waals surface area contributed by atoms with Crippen LogP contribution in [0.25, 0.3) is 0 Å². The summed E-state index contributed by atoms with van der Waals surface area (Å²) in [7, 11) is 0. The van der Waals surface area contributed by atoms with Crippen LogP contribution in [0.4, 0.5) is 0 Å². The van der Waals surface area contributed by atoms with Crippen LogP contribution in [0, 0.1) is 12.3 Å². The fourth-order valence-electron chi connectivity index (χ4n) is 1.55. The smallest absolute Gasteiger partial charge is 0.240 e. The SMILES string of the molecule is C#CC(CC)NC(=O)CN1CCCC1=O. The third-order valence-electron chi connectivity index (χ3n) is 2.45. The van der Waals surface area contributed by atoms with Gasteiger partial charge >= 0.3 is 0 Å². The van der Waals surface area contributed by atoms with Crippen LogP contribution < -0.4 is 5.32 Å². The molecule has 82 valence electrons. The van der Waals surface area contributed by atoms with Crippen molar-refractivity contribution in [2.45, 2.75) is 32.2 Å². The standard InChI is InChI=1S/C11H16N2O2/c1-3-9(4-2)12-10(14)8-13-7-5-6-11(13)15/h1,9H,4-8H2,2H3,(H,12,14). The highest BCUT2D eigenvalue weighted by Crippen LogP contribution is 2.08. The van der Waals surface area contributed by atoms with Gasteiger partial charge in [0.1, 0.15) is 0 Å². The van der Waals surface area contributed by atoms with Gasteiger partial charge in [-0.2, -0.15) is 0 Å². The molecule has 0 spiro atoms. The second kappa shape index (κ2) is 5.40. The van der Waals surface area contributed by atoms with E-state index in [9.17, 15) is 9.59 Å². The molecule has 1 N–H and O–H groups in total. The molecule has 0 aromatic carbocycles. The number of rotatable bonds is 4. The first-order chi connectivity index (χ1) is 7.17. The maximum absolute atomic E-state index is 11.5. The molecule has 4 heteroatoms. The van der Waals surface area contributed by atoms with Crippen molar-refractivity contribution in [3.63, 3.8) is 0 Å². The van der Waals surface area contributed by atoms with Crippen LogP contribution in [0.15, 0.2) is 0 Å². The Morgan fingerprint density at radius 1 is 1.73 bits per heavy atom. The molecular weight excluding hydrogens is 192 g/mol. The molecular formula is C11H16N2O2. The Hall–Kier alpha value is -1.50.